The summed E-state index contributed by atoms with van der Waals surface area (Å²) in [6.45, 7) is 1.70. The van der Waals surface area contributed by atoms with Gasteiger partial charge in [-0.05, 0) is 18.6 Å². The maximum absolute atomic E-state index is 13.5. The van der Waals surface area contributed by atoms with Crippen LogP contribution in [0.15, 0.2) is 12.1 Å². The molecule has 0 spiro atoms. The van der Waals surface area contributed by atoms with Crippen molar-refractivity contribution in [2.24, 2.45) is 0 Å². The van der Waals surface area contributed by atoms with Crippen molar-refractivity contribution in [2.75, 3.05) is 14.2 Å². The van der Waals surface area contributed by atoms with Gasteiger partial charge in [0.25, 0.3) is 0 Å². The van der Waals surface area contributed by atoms with Crippen LogP contribution in [0.4, 0.5) is 4.39 Å². The zero-order valence-electron chi connectivity index (χ0n) is 8.26. The first kappa shape index (κ1) is 10.5. The molecule has 0 aromatic heterocycles. The summed E-state index contributed by atoms with van der Waals surface area (Å²) in [6.07, 6.45) is 0. The van der Waals surface area contributed by atoms with Crippen LogP contribution in [-0.4, -0.2) is 20.2 Å². The van der Waals surface area contributed by atoms with Crippen molar-refractivity contribution in [1.29, 1.82) is 0 Å². The molecule has 1 aromatic rings. The third-order valence-corrected chi connectivity index (χ3v) is 1.90. The van der Waals surface area contributed by atoms with Gasteiger partial charge < -0.3 is 9.47 Å². The Bertz CT molecular complexity index is 361. The maximum Gasteiger partial charge on any atom is 0.340 e. The molecule has 0 saturated carbocycles. The van der Waals surface area contributed by atoms with Crippen molar-refractivity contribution in [2.45, 2.75) is 6.92 Å². The zero-order valence-corrected chi connectivity index (χ0v) is 8.26. The van der Waals surface area contributed by atoms with Crippen LogP contribution in [0, 0.1) is 12.7 Å². The highest BCUT2D eigenvalue weighted by atomic mass is 19.1. The number of hydrogen-bond donors (Lipinski definition) is 0. The number of carbonyl (C=O) groups excluding carboxylic acids is 1. The van der Waals surface area contributed by atoms with E-state index in [1.807, 2.05) is 0 Å². The third kappa shape index (κ3) is 1.69. The minimum Gasteiger partial charge on any atom is -0.493 e. The smallest absolute Gasteiger partial charge is 0.340 e. The van der Waals surface area contributed by atoms with Crippen molar-refractivity contribution in [3.05, 3.63) is 29.1 Å². The van der Waals surface area contributed by atoms with Gasteiger partial charge in [0.05, 0.1) is 19.8 Å². The first-order chi connectivity index (χ1) is 6.61. The van der Waals surface area contributed by atoms with E-state index in [1.54, 1.807) is 13.0 Å². The largest absolute Gasteiger partial charge is 0.493 e. The molecule has 0 atom stereocenters. The summed E-state index contributed by atoms with van der Waals surface area (Å²) in [5.41, 5.74) is 0.521. The van der Waals surface area contributed by atoms with Gasteiger partial charge >= 0.3 is 5.97 Å². The average Bonchev–Trinajstić information content (AvgIpc) is 2.18. The summed E-state index contributed by atoms with van der Waals surface area (Å²) in [5.74, 6) is -1.31. The van der Waals surface area contributed by atoms with Gasteiger partial charge in [0.1, 0.15) is 0 Å². The quantitative estimate of drug-likeness (QED) is 0.681. The molecule has 76 valence electrons. The lowest BCUT2D eigenvalue weighted by Gasteiger charge is -2.08. The molecule has 0 unspecified atom stereocenters. The molecule has 0 amide bonds. The normalized spacial score (nSPS) is 9.71. The van der Waals surface area contributed by atoms with Gasteiger partial charge in [-0.3, -0.25) is 0 Å². The number of hydrogen-bond acceptors (Lipinski definition) is 3. The second-order valence-corrected chi connectivity index (χ2v) is 2.77. The van der Waals surface area contributed by atoms with E-state index in [1.165, 1.54) is 20.3 Å². The number of rotatable bonds is 2. The zero-order chi connectivity index (χ0) is 10.7. The second-order valence-electron chi connectivity index (χ2n) is 2.77. The Kier molecular flexibility index (Phi) is 3.06. The van der Waals surface area contributed by atoms with Crippen LogP contribution in [0.3, 0.4) is 0 Å². The van der Waals surface area contributed by atoms with Crippen molar-refractivity contribution >= 4 is 5.97 Å². The predicted octanol–water partition coefficient (Wildman–Crippen LogP) is 1.93. The van der Waals surface area contributed by atoms with Gasteiger partial charge in [-0.15, -0.1) is 0 Å². The molecule has 1 rings (SSSR count). The fourth-order valence-corrected chi connectivity index (χ4v) is 1.17. The van der Waals surface area contributed by atoms with E-state index < -0.39 is 11.8 Å². The molecule has 0 bridgehead atoms. The van der Waals surface area contributed by atoms with E-state index in [0.717, 1.165) is 0 Å². The number of ether oxygens (including phenoxy) is 2. The van der Waals surface area contributed by atoms with Gasteiger partial charge in [-0.2, -0.15) is 0 Å². The summed E-state index contributed by atoms with van der Waals surface area (Å²) < 4.78 is 22.8. The highest BCUT2D eigenvalue weighted by Gasteiger charge is 2.17. The summed E-state index contributed by atoms with van der Waals surface area (Å²) in [6, 6.07) is 2.98. The maximum atomic E-state index is 13.5. The number of methoxy groups -OCH3 is 2. The molecular weight excluding hydrogens is 187 g/mol. The number of carbonyl (C=O) groups is 1. The topological polar surface area (TPSA) is 35.5 Å². The SMILES string of the molecule is COC(=O)c1ccc(C)c(OC)c1F. The van der Waals surface area contributed by atoms with E-state index in [4.69, 9.17) is 4.74 Å². The van der Waals surface area contributed by atoms with Crippen LogP contribution in [0.2, 0.25) is 0 Å². The molecule has 0 fully saturated rings. The first-order valence-electron chi connectivity index (χ1n) is 4.03. The minimum atomic E-state index is -0.708. The summed E-state index contributed by atoms with van der Waals surface area (Å²) >= 11 is 0. The first-order valence-corrected chi connectivity index (χ1v) is 4.03. The standard InChI is InChI=1S/C10H11FO3/c1-6-4-5-7(10(12)14-3)8(11)9(6)13-2/h4-5H,1-3H3. The molecule has 0 aliphatic carbocycles. The van der Waals surface area contributed by atoms with Crippen LogP contribution >= 0.6 is 0 Å². The van der Waals surface area contributed by atoms with Crippen molar-refractivity contribution in [3.8, 4) is 5.75 Å². The fraction of sp³-hybridized carbons (Fsp3) is 0.300. The van der Waals surface area contributed by atoms with Gasteiger partial charge in [0, 0.05) is 0 Å². The average molecular weight is 198 g/mol. The fourth-order valence-electron chi connectivity index (χ4n) is 1.17. The number of esters is 1. The molecule has 0 N–H and O–H groups in total. The number of aryl methyl sites for hydroxylation is 1. The summed E-state index contributed by atoms with van der Waals surface area (Å²) in [7, 11) is 2.56. The van der Waals surface area contributed by atoms with Crippen molar-refractivity contribution in [3.63, 3.8) is 0 Å². The van der Waals surface area contributed by atoms with Crippen LogP contribution < -0.4 is 4.74 Å². The monoisotopic (exact) mass is 198 g/mol. The minimum absolute atomic E-state index is 0.0768. The number of benzene rings is 1. The Morgan fingerprint density at radius 3 is 2.50 bits per heavy atom. The van der Waals surface area contributed by atoms with Gasteiger partial charge in [0.15, 0.2) is 11.6 Å². The Morgan fingerprint density at radius 2 is 2.00 bits per heavy atom. The molecule has 0 aliphatic rings. The lowest BCUT2D eigenvalue weighted by molar-refractivity contribution is 0.0594. The van der Waals surface area contributed by atoms with Crippen LogP contribution in [0.5, 0.6) is 5.75 Å². The Labute approximate surface area is 81.4 Å². The second kappa shape index (κ2) is 4.09. The molecule has 14 heavy (non-hydrogen) atoms. The van der Waals surface area contributed by atoms with E-state index in [0.29, 0.717) is 5.56 Å². The van der Waals surface area contributed by atoms with Gasteiger partial charge in [-0.25, -0.2) is 9.18 Å². The van der Waals surface area contributed by atoms with Gasteiger partial charge in [0.2, 0.25) is 0 Å². The van der Waals surface area contributed by atoms with E-state index >= 15 is 0 Å². The molecular formula is C10H11FO3. The van der Waals surface area contributed by atoms with Crippen LogP contribution in [0.25, 0.3) is 0 Å². The highest BCUT2D eigenvalue weighted by molar-refractivity contribution is 5.90. The van der Waals surface area contributed by atoms with Crippen LogP contribution in [0.1, 0.15) is 15.9 Å². The third-order valence-electron chi connectivity index (χ3n) is 1.90. The summed E-state index contributed by atoms with van der Waals surface area (Å²) in [4.78, 5) is 11.1. The Balaban J connectivity index is 3.28. The van der Waals surface area contributed by atoms with Gasteiger partial charge in [-0.1, -0.05) is 6.07 Å². The van der Waals surface area contributed by atoms with Crippen molar-refractivity contribution < 1.29 is 18.7 Å². The lowest BCUT2D eigenvalue weighted by Crippen LogP contribution is -2.06. The summed E-state index contributed by atoms with van der Waals surface area (Å²) in [5, 5.41) is 0. The molecule has 0 saturated heterocycles. The Hall–Kier alpha value is -1.58. The predicted molar refractivity (Wildman–Crippen MR) is 49.0 cm³/mol. The molecule has 0 heterocycles. The lowest BCUT2D eigenvalue weighted by atomic mass is 10.1. The van der Waals surface area contributed by atoms with Crippen molar-refractivity contribution in [1.82, 2.24) is 0 Å². The molecule has 0 aliphatic heterocycles. The Morgan fingerprint density at radius 1 is 1.36 bits per heavy atom. The molecule has 3 nitrogen and oxygen atoms in total. The number of halogens is 1. The van der Waals surface area contributed by atoms with E-state index in [9.17, 15) is 9.18 Å². The van der Waals surface area contributed by atoms with Crippen LogP contribution in [-0.2, 0) is 4.74 Å². The molecule has 1 aromatic carbocycles. The molecule has 0 radical (unpaired) electrons. The van der Waals surface area contributed by atoms with E-state index in [2.05, 4.69) is 4.74 Å². The highest BCUT2D eigenvalue weighted by Crippen LogP contribution is 2.25. The van der Waals surface area contributed by atoms with E-state index in [-0.39, 0.29) is 11.3 Å². The molecule has 4 heteroatoms.